The smallest absolute Gasteiger partial charge is 0.313 e. The van der Waals surface area contributed by atoms with Gasteiger partial charge >= 0.3 is 5.97 Å². The molecule has 0 radical (unpaired) electrons. The summed E-state index contributed by atoms with van der Waals surface area (Å²) in [6, 6.07) is 9.37. The van der Waals surface area contributed by atoms with Gasteiger partial charge in [-0.2, -0.15) is 0 Å². The maximum absolute atomic E-state index is 12.4. The first-order valence-corrected chi connectivity index (χ1v) is 12.1. The number of carboxylic acids is 1. The van der Waals surface area contributed by atoms with E-state index in [1.165, 1.54) is 6.42 Å². The Hall–Kier alpha value is -3.22. The van der Waals surface area contributed by atoms with Gasteiger partial charge in [0, 0.05) is 17.7 Å². The number of ether oxygens (including phenoxy) is 3. The maximum Gasteiger partial charge on any atom is 0.313 e. The molecule has 1 heterocycles. The number of fused-ring (bicyclic) bond motifs is 1. The molecule has 2 aromatic rings. The normalized spacial score (nSPS) is 19.6. The van der Waals surface area contributed by atoms with Gasteiger partial charge in [-0.1, -0.05) is 31.4 Å². The van der Waals surface area contributed by atoms with Crippen LogP contribution in [0.1, 0.15) is 60.9 Å². The quantitative estimate of drug-likeness (QED) is 0.581. The molecule has 5 rings (SSSR count). The van der Waals surface area contributed by atoms with Crippen molar-refractivity contribution in [2.75, 3.05) is 14.2 Å². The second kappa shape index (κ2) is 8.85. The number of carbonyl (C=O) groups is 2. The van der Waals surface area contributed by atoms with Crippen molar-refractivity contribution in [3.8, 4) is 28.4 Å². The van der Waals surface area contributed by atoms with Crippen molar-refractivity contribution in [3.05, 3.63) is 41.5 Å². The number of amides is 1. The van der Waals surface area contributed by atoms with E-state index in [2.05, 4.69) is 5.32 Å². The summed E-state index contributed by atoms with van der Waals surface area (Å²) in [5, 5.41) is 13.1. The number of rotatable bonds is 8. The summed E-state index contributed by atoms with van der Waals surface area (Å²) >= 11 is 0. The molecule has 2 N–H and O–H groups in total. The van der Waals surface area contributed by atoms with Gasteiger partial charge in [-0.3, -0.25) is 9.59 Å². The summed E-state index contributed by atoms with van der Waals surface area (Å²) in [5.41, 5.74) is 2.32. The van der Waals surface area contributed by atoms with Crippen LogP contribution in [0.2, 0.25) is 0 Å². The van der Waals surface area contributed by atoms with E-state index in [9.17, 15) is 14.7 Å². The van der Waals surface area contributed by atoms with Gasteiger partial charge in [-0.15, -0.1) is 0 Å². The first-order valence-electron chi connectivity index (χ1n) is 12.1. The van der Waals surface area contributed by atoms with Crippen molar-refractivity contribution in [2.24, 2.45) is 11.3 Å². The largest absolute Gasteiger partial charge is 0.493 e. The van der Waals surface area contributed by atoms with Crippen LogP contribution in [0.5, 0.6) is 17.2 Å². The first-order chi connectivity index (χ1) is 16.5. The van der Waals surface area contributed by atoms with E-state index in [4.69, 9.17) is 14.2 Å². The van der Waals surface area contributed by atoms with E-state index in [1.807, 2.05) is 30.3 Å². The minimum absolute atomic E-state index is 0.0947. The lowest BCUT2D eigenvalue weighted by Crippen LogP contribution is -2.41. The van der Waals surface area contributed by atoms with Gasteiger partial charge in [0.05, 0.1) is 14.2 Å². The Kier molecular flexibility index (Phi) is 5.88. The standard InChI is InChI=1S/C27H31NO6/c1-32-21-12-11-18(17-9-6-10-19-20(17)15-28-25(19)29)22(23(21)33-2)34-24(16-7-4-3-5-8-16)27(13-14-27)26(30)31/h6,9-12,16,24H,3-5,7-8,13-15H2,1-2H3,(H,28,29)(H,30,31). The lowest BCUT2D eigenvalue weighted by atomic mass is 9.78. The van der Waals surface area contributed by atoms with Gasteiger partial charge in [0.1, 0.15) is 11.5 Å². The Bertz CT molecular complexity index is 1120. The second-order valence-electron chi connectivity index (χ2n) is 9.59. The lowest BCUT2D eigenvalue weighted by Gasteiger charge is -2.35. The Morgan fingerprint density at radius 2 is 1.74 bits per heavy atom. The molecule has 1 unspecified atom stereocenters. The van der Waals surface area contributed by atoms with Crippen molar-refractivity contribution in [1.29, 1.82) is 0 Å². The summed E-state index contributed by atoms with van der Waals surface area (Å²) in [7, 11) is 3.14. The van der Waals surface area contributed by atoms with Crippen LogP contribution in [0.25, 0.3) is 11.1 Å². The molecule has 0 bridgehead atoms. The molecule has 2 aliphatic carbocycles. The summed E-state index contributed by atoms with van der Waals surface area (Å²) < 4.78 is 18.1. The second-order valence-corrected chi connectivity index (χ2v) is 9.59. The Labute approximate surface area is 199 Å². The van der Waals surface area contributed by atoms with Crippen molar-refractivity contribution < 1.29 is 28.9 Å². The van der Waals surface area contributed by atoms with Gasteiger partial charge in [0.2, 0.25) is 5.75 Å². The third kappa shape index (κ3) is 3.67. The van der Waals surface area contributed by atoms with Crippen LogP contribution >= 0.6 is 0 Å². The predicted octanol–water partition coefficient (Wildman–Crippen LogP) is 4.81. The number of carboxylic acid groups (broad SMARTS) is 1. The molecule has 1 atom stereocenters. The zero-order valence-electron chi connectivity index (χ0n) is 19.7. The molecule has 2 aromatic carbocycles. The van der Waals surface area contributed by atoms with Crippen LogP contribution < -0.4 is 19.5 Å². The molecule has 1 aliphatic heterocycles. The molecule has 180 valence electrons. The van der Waals surface area contributed by atoms with Crippen LogP contribution in [0, 0.1) is 11.3 Å². The highest BCUT2D eigenvalue weighted by Crippen LogP contribution is 2.56. The van der Waals surface area contributed by atoms with E-state index in [1.54, 1.807) is 14.2 Å². The van der Waals surface area contributed by atoms with Crippen molar-refractivity contribution in [3.63, 3.8) is 0 Å². The predicted molar refractivity (Wildman–Crippen MR) is 126 cm³/mol. The fourth-order valence-corrected chi connectivity index (χ4v) is 5.71. The Morgan fingerprint density at radius 1 is 1.00 bits per heavy atom. The fourth-order valence-electron chi connectivity index (χ4n) is 5.71. The van der Waals surface area contributed by atoms with E-state index >= 15 is 0 Å². The topological polar surface area (TPSA) is 94.1 Å². The highest BCUT2D eigenvalue weighted by atomic mass is 16.5. The van der Waals surface area contributed by atoms with Gasteiger partial charge in [0.25, 0.3) is 5.91 Å². The molecular formula is C27H31NO6. The van der Waals surface area contributed by atoms with Crippen LogP contribution in [0.4, 0.5) is 0 Å². The van der Waals surface area contributed by atoms with Crippen molar-refractivity contribution in [1.82, 2.24) is 5.32 Å². The average molecular weight is 466 g/mol. The molecule has 2 saturated carbocycles. The van der Waals surface area contributed by atoms with Crippen LogP contribution in [-0.4, -0.2) is 37.3 Å². The number of nitrogens with one attached hydrogen (secondary N) is 1. The zero-order valence-corrected chi connectivity index (χ0v) is 19.7. The fraction of sp³-hybridized carbons (Fsp3) is 0.481. The number of aliphatic carboxylic acids is 1. The molecule has 0 aromatic heterocycles. The molecular weight excluding hydrogens is 434 g/mol. The highest BCUT2D eigenvalue weighted by molar-refractivity contribution is 6.01. The molecule has 0 spiro atoms. The number of benzene rings is 2. The van der Waals surface area contributed by atoms with Gasteiger partial charge in [-0.25, -0.2) is 0 Å². The SMILES string of the molecule is COc1ccc(-c2cccc3c2CNC3=O)c(OC(C2CCCCC2)C2(C(=O)O)CC2)c1OC. The zero-order chi connectivity index (χ0) is 23.9. The molecule has 1 amide bonds. The van der Waals surface area contributed by atoms with Crippen LogP contribution in [-0.2, 0) is 11.3 Å². The number of carbonyl (C=O) groups excluding carboxylic acids is 1. The molecule has 3 aliphatic rings. The van der Waals surface area contributed by atoms with E-state index in [0.29, 0.717) is 42.2 Å². The minimum atomic E-state index is -0.872. The van der Waals surface area contributed by atoms with Gasteiger partial charge < -0.3 is 24.6 Å². The number of methoxy groups -OCH3 is 2. The summed E-state index contributed by atoms with van der Waals surface area (Å²) in [6.45, 7) is 0.434. The highest BCUT2D eigenvalue weighted by Gasteiger charge is 2.60. The third-order valence-corrected chi connectivity index (χ3v) is 7.72. The molecule has 0 saturated heterocycles. The number of hydrogen-bond acceptors (Lipinski definition) is 5. The maximum atomic E-state index is 12.4. The number of hydrogen-bond donors (Lipinski definition) is 2. The molecule has 2 fully saturated rings. The Morgan fingerprint density at radius 3 is 2.38 bits per heavy atom. The monoisotopic (exact) mass is 465 g/mol. The third-order valence-electron chi connectivity index (χ3n) is 7.72. The van der Waals surface area contributed by atoms with E-state index < -0.39 is 17.5 Å². The van der Waals surface area contributed by atoms with Gasteiger partial charge in [-0.05, 0) is 60.9 Å². The van der Waals surface area contributed by atoms with Crippen molar-refractivity contribution in [2.45, 2.75) is 57.6 Å². The molecule has 34 heavy (non-hydrogen) atoms. The van der Waals surface area contributed by atoms with Crippen LogP contribution in [0.3, 0.4) is 0 Å². The first kappa shape index (κ1) is 22.6. The average Bonchev–Trinajstić information content (AvgIpc) is 3.59. The van der Waals surface area contributed by atoms with Crippen molar-refractivity contribution >= 4 is 11.9 Å². The minimum Gasteiger partial charge on any atom is -0.493 e. The molecule has 7 nitrogen and oxygen atoms in total. The van der Waals surface area contributed by atoms with Gasteiger partial charge in [0.15, 0.2) is 11.5 Å². The summed E-state index contributed by atoms with van der Waals surface area (Å²) in [4.78, 5) is 24.7. The van der Waals surface area contributed by atoms with E-state index in [-0.39, 0.29) is 11.8 Å². The molecule has 7 heteroatoms. The van der Waals surface area contributed by atoms with E-state index in [0.717, 1.165) is 42.4 Å². The lowest BCUT2D eigenvalue weighted by molar-refractivity contribution is -0.149. The summed E-state index contributed by atoms with van der Waals surface area (Å²) in [5.74, 6) is 0.727. The Balaban J connectivity index is 1.65. The van der Waals surface area contributed by atoms with Crippen LogP contribution in [0.15, 0.2) is 30.3 Å². The summed E-state index contributed by atoms with van der Waals surface area (Å²) in [6.07, 6.45) is 6.04.